The highest BCUT2D eigenvalue weighted by atomic mass is 16.5. The van der Waals surface area contributed by atoms with Crippen molar-refractivity contribution in [3.63, 3.8) is 0 Å². The second-order valence-electron chi connectivity index (χ2n) is 8.01. The molecule has 1 fully saturated rings. The molecule has 2 aliphatic heterocycles. The number of hydrogen-bond donors (Lipinski definition) is 0. The van der Waals surface area contributed by atoms with Crippen molar-refractivity contribution in [2.75, 3.05) is 31.6 Å². The molecule has 0 bridgehead atoms. The summed E-state index contributed by atoms with van der Waals surface area (Å²) in [7, 11) is 1.26. The molecule has 2 aliphatic rings. The van der Waals surface area contributed by atoms with Crippen LogP contribution < -0.4 is 10.5 Å². The Morgan fingerprint density at radius 1 is 1.15 bits per heavy atom. The number of nitrogens with zero attached hydrogens (tertiary/aromatic N) is 4. The number of fused-ring (bicyclic) bond motifs is 1. The maximum atomic E-state index is 12.9. The van der Waals surface area contributed by atoms with E-state index < -0.39 is 5.97 Å². The fourth-order valence-electron chi connectivity index (χ4n) is 4.22. The van der Waals surface area contributed by atoms with Crippen LogP contribution in [-0.2, 0) is 16.1 Å². The smallest absolute Gasteiger partial charge is 0.357 e. The van der Waals surface area contributed by atoms with Gasteiger partial charge >= 0.3 is 5.97 Å². The minimum atomic E-state index is -0.641. The summed E-state index contributed by atoms with van der Waals surface area (Å²) in [5, 5.41) is 0. The number of aromatic nitrogens is 2. The minimum absolute atomic E-state index is 0.0144. The van der Waals surface area contributed by atoms with E-state index in [9.17, 15) is 14.4 Å². The first-order chi connectivity index (χ1) is 12.7. The lowest BCUT2D eigenvalue weighted by Gasteiger charge is -2.36. The molecule has 8 heteroatoms. The Balaban J connectivity index is 1.89. The third kappa shape index (κ3) is 3.57. The van der Waals surface area contributed by atoms with Crippen LogP contribution in [0.2, 0.25) is 0 Å². The summed E-state index contributed by atoms with van der Waals surface area (Å²) in [6.07, 6.45) is 1.13. The molecular formula is C19H28N4O4. The fraction of sp³-hybridized carbons (Fsp3) is 0.684. The summed E-state index contributed by atoms with van der Waals surface area (Å²) in [6, 6.07) is -0.0546. The summed E-state index contributed by atoms with van der Waals surface area (Å²) in [4.78, 5) is 45.7. The zero-order valence-electron chi connectivity index (χ0n) is 16.7. The third-order valence-corrected chi connectivity index (χ3v) is 5.52. The van der Waals surface area contributed by atoms with Gasteiger partial charge in [0, 0.05) is 31.2 Å². The molecule has 0 radical (unpaired) electrons. The fourth-order valence-corrected chi connectivity index (χ4v) is 4.22. The van der Waals surface area contributed by atoms with E-state index in [1.54, 1.807) is 11.5 Å². The maximum absolute atomic E-state index is 12.9. The van der Waals surface area contributed by atoms with Crippen LogP contribution in [0.5, 0.6) is 0 Å². The van der Waals surface area contributed by atoms with Crippen molar-refractivity contribution in [2.45, 2.75) is 46.7 Å². The normalized spacial score (nSPS) is 24.7. The molecule has 27 heavy (non-hydrogen) atoms. The van der Waals surface area contributed by atoms with Crippen LogP contribution in [0.3, 0.4) is 0 Å². The Labute approximate surface area is 159 Å². The van der Waals surface area contributed by atoms with E-state index in [1.807, 2.05) is 16.7 Å². The van der Waals surface area contributed by atoms with Gasteiger partial charge in [-0.15, -0.1) is 0 Å². The second kappa shape index (κ2) is 7.32. The van der Waals surface area contributed by atoms with Crippen LogP contribution in [-0.4, -0.2) is 59.1 Å². The van der Waals surface area contributed by atoms with Crippen molar-refractivity contribution < 1.29 is 14.3 Å². The summed E-state index contributed by atoms with van der Waals surface area (Å²) < 4.78 is 6.29. The minimum Gasteiger partial charge on any atom is -0.464 e. The number of anilines is 1. The number of carbonyl (C=O) groups is 2. The molecule has 148 valence electrons. The summed E-state index contributed by atoms with van der Waals surface area (Å²) >= 11 is 0. The molecule has 3 rings (SSSR count). The predicted molar refractivity (Wildman–Crippen MR) is 101 cm³/mol. The van der Waals surface area contributed by atoms with Crippen molar-refractivity contribution in [1.29, 1.82) is 0 Å². The van der Waals surface area contributed by atoms with Crippen molar-refractivity contribution in [2.24, 2.45) is 11.8 Å². The van der Waals surface area contributed by atoms with E-state index in [2.05, 4.69) is 18.8 Å². The lowest BCUT2D eigenvalue weighted by atomic mass is 9.92. The monoisotopic (exact) mass is 376 g/mol. The van der Waals surface area contributed by atoms with Crippen molar-refractivity contribution in [1.82, 2.24) is 14.5 Å². The first-order valence-corrected chi connectivity index (χ1v) is 9.47. The Hall–Kier alpha value is -2.38. The van der Waals surface area contributed by atoms with Crippen LogP contribution in [0.1, 0.15) is 43.2 Å². The van der Waals surface area contributed by atoms with Gasteiger partial charge in [0.15, 0.2) is 5.69 Å². The first kappa shape index (κ1) is 19.4. The summed E-state index contributed by atoms with van der Waals surface area (Å²) in [6.45, 7) is 9.96. The molecule has 3 heterocycles. The van der Waals surface area contributed by atoms with Gasteiger partial charge in [0.05, 0.1) is 7.11 Å². The van der Waals surface area contributed by atoms with E-state index in [0.29, 0.717) is 24.3 Å². The van der Waals surface area contributed by atoms with Gasteiger partial charge in [-0.05, 0) is 32.1 Å². The number of piperidine rings is 1. The average Bonchev–Trinajstić information content (AvgIpc) is 2.92. The molecule has 1 aromatic rings. The Bertz CT molecular complexity index is 809. The zero-order chi connectivity index (χ0) is 19.9. The summed E-state index contributed by atoms with van der Waals surface area (Å²) in [5.41, 5.74) is 0.0209. The first-order valence-electron chi connectivity index (χ1n) is 9.47. The molecule has 8 nitrogen and oxygen atoms in total. The highest BCUT2D eigenvalue weighted by molar-refractivity contribution is 5.89. The molecule has 0 saturated carbocycles. The van der Waals surface area contributed by atoms with Crippen molar-refractivity contribution >= 4 is 17.8 Å². The zero-order valence-corrected chi connectivity index (χ0v) is 16.7. The number of esters is 1. The standard InChI is InChI=1S/C19H28N4O4/c1-11-6-12(2)8-21(7-11)15(24)10-22-13(3)9-23-17(25)14(4)16(18(26)27-5)20-19(22)23/h11-13H,6-10H2,1-5H3. The molecule has 0 spiro atoms. The molecule has 1 saturated heterocycles. The van der Waals surface area contributed by atoms with Gasteiger partial charge in [-0.2, -0.15) is 0 Å². The van der Waals surface area contributed by atoms with E-state index in [1.165, 1.54) is 7.11 Å². The van der Waals surface area contributed by atoms with E-state index in [-0.39, 0.29) is 35.3 Å². The predicted octanol–water partition coefficient (Wildman–Crippen LogP) is 1.05. The third-order valence-electron chi connectivity index (χ3n) is 5.52. The molecule has 0 N–H and O–H groups in total. The SMILES string of the molecule is COC(=O)c1nc2n(c(=O)c1C)CC(C)N2CC(=O)N1CC(C)CC(C)C1. The van der Waals surface area contributed by atoms with Gasteiger partial charge in [0.1, 0.15) is 6.54 Å². The number of hydrogen-bond acceptors (Lipinski definition) is 6. The molecule has 1 amide bonds. The Morgan fingerprint density at radius 3 is 2.37 bits per heavy atom. The van der Waals surface area contributed by atoms with Crippen LogP contribution in [0, 0.1) is 18.8 Å². The van der Waals surface area contributed by atoms with Crippen molar-refractivity contribution in [3.8, 4) is 0 Å². The molecule has 0 aromatic carbocycles. The van der Waals surface area contributed by atoms with Crippen LogP contribution in [0.25, 0.3) is 0 Å². The number of methoxy groups -OCH3 is 1. The topological polar surface area (TPSA) is 84.7 Å². The van der Waals surface area contributed by atoms with E-state index >= 15 is 0 Å². The number of ether oxygens (including phenoxy) is 1. The van der Waals surface area contributed by atoms with E-state index in [4.69, 9.17) is 4.74 Å². The second-order valence-corrected chi connectivity index (χ2v) is 8.01. The highest BCUT2D eigenvalue weighted by Crippen LogP contribution is 2.25. The molecule has 1 aromatic heterocycles. The molecule has 3 unspecified atom stereocenters. The van der Waals surface area contributed by atoms with Gasteiger partial charge in [-0.25, -0.2) is 9.78 Å². The lowest BCUT2D eigenvalue weighted by Crippen LogP contribution is -2.48. The largest absolute Gasteiger partial charge is 0.464 e. The number of amides is 1. The van der Waals surface area contributed by atoms with Crippen LogP contribution in [0.4, 0.5) is 5.95 Å². The molecule has 3 atom stereocenters. The lowest BCUT2D eigenvalue weighted by molar-refractivity contribution is -0.132. The number of rotatable bonds is 3. The van der Waals surface area contributed by atoms with Crippen molar-refractivity contribution in [3.05, 3.63) is 21.6 Å². The van der Waals surface area contributed by atoms with Gasteiger partial charge in [0.25, 0.3) is 5.56 Å². The summed E-state index contributed by atoms with van der Waals surface area (Å²) in [5.74, 6) is 0.719. The molecular weight excluding hydrogens is 348 g/mol. The highest BCUT2D eigenvalue weighted by Gasteiger charge is 2.34. The quantitative estimate of drug-likeness (QED) is 0.733. The number of carbonyl (C=O) groups excluding carboxylic acids is 2. The Kier molecular flexibility index (Phi) is 5.26. The Morgan fingerprint density at radius 2 is 1.78 bits per heavy atom. The number of likely N-dealkylation sites (tertiary alicyclic amines) is 1. The van der Waals surface area contributed by atoms with Crippen LogP contribution in [0.15, 0.2) is 4.79 Å². The molecule has 0 aliphatic carbocycles. The van der Waals surface area contributed by atoms with Gasteiger partial charge in [0.2, 0.25) is 11.9 Å². The van der Waals surface area contributed by atoms with E-state index in [0.717, 1.165) is 19.5 Å². The average molecular weight is 376 g/mol. The maximum Gasteiger partial charge on any atom is 0.357 e. The van der Waals surface area contributed by atoms with Crippen LogP contribution >= 0.6 is 0 Å². The van der Waals surface area contributed by atoms with Gasteiger partial charge < -0.3 is 14.5 Å². The van der Waals surface area contributed by atoms with Gasteiger partial charge in [-0.3, -0.25) is 14.2 Å². The van der Waals surface area contributed by atoms with Gasteiger partial charge in [-0.1, -0.05) is 13.8 Å².